The smallest absolute Gasteiger partial charge is 0.321 e. The van der Waals surface area contributed by atoms with Gasteiger partial charge >= 0.3 is 6.03 Å². The number of carbonyl (C=O) groups is 1. The monoisotopic (exact) mass is 509 g/mol. The van der Waals surface area contributed by atoms with Gasteiger partial charge in [0.15, 0.2) is 11.5 Å². The van der Waals surface area contributed by atoms with E-state index in [2.05, 4.69) is 31.2 Å². The molecular formula is C27H39N7O3. The fraction of sp³-hybridized carbons (Fsp3) is 0.444. The minimum Gasteiger partial charge on any atom is -0.493 e. The fourth-order valence-corrected chi connectivity index (χ4v) is 4.03. The molecule has 0 fully saturated rings. The minimum absolute atomic E-state index is 0.133. The number of urea groups is 1. The molecule has 3 rings (SSSR count). The van der Waals surface area contributed by atoms with Crippen molar-refractivity contribution in [1.82, 2.24) is 19.9 Å². The molecule has 2 aromatic heterocycles. The van der Waals surface area contributed by atoms with Crippen LogP contribution in [0.1, 0.15) is 30.5 Å². The Morgan fingerprint density at radius 3 is 2.65 bits per heavy atom. The van der Waals surface area contributed by atoms with Crippen molar-refractivity contribution in [1.29, 1.82) is 0 Å². The van der Waals surface area contributed by atoms with Gasteiger partial charge in [-0.05, 0) is 62.4 Å². The van der Waals surface area contributed by atoms with E-state index in [1.165, 1.54) is 5.56 Å². The van der Waals surface area contributed by atoms with Gasteiger partial charge in [0.05, 0.1) is 20.5 Å². The third kappa shape index (κ3) is 8.38. The van der Waals surface area contributed by atoms with Crippen LogP contribution < -0.4 is 30.7 Å². The molecule has 10 nitrogen and oxygen atoms in total. The Balaban J connectivity index is 1.60. The van der Waals surface area contributed by atoms with Gasteiger partial charge in [-0.1, -0.05) is 0 Å². The number of nitrogens with zero attached hydrogens (tertiary/aromatic N) is 4. The normalized spacial score (nSPS) is 10.7. The van der Waals surface area contributed by atoms with E-state index in [4.69, 9.17) is 15.2 Å². The second kappa shape index (κ2) is 14.7. The van der Waals surface area contributed by atoms with Gasteiger partial charge in [0, 0.05) is 62.6 Å². The van der Waals surface area contributed by atoms with Crippen molar-refractivity contribution in [3.8, 4) is 11.5 Å². The van der Waals surface area contributed by atoms with Crippen molar-refractivity contribution in [3.05, 3.63) is 60.3 Å². The quantitative estimate of drug-likeness (QED) is 0.268. The largest absolute Gasteiger partial charge is 0.493 e. The van der Waals surface area contributed by atoms with E-state index in [1.54, 1.807) is 19.1 Å². The van der Waals surface area contributed by atoms with Crippen molar-refractivity contribution in [2.45, 2.75) is 39.2 Å². The zero-order valence-corrected chi connectivity index (χ0v) is 22.1. The van der Waals surface area contributed by atoms with Gasteiger partial charge < -0.3 is 30.4 Å². The topological polar surface area (TPSA) is 120 Å². The molecule has 10 heteroatoms. The summed E-state index contributed by atoms with van der Waals surface area (Å²) in [6.07, 6.45) is 8.93. The predicted molar refractivity (Wildman–Crippen MR) is 147 cm³/mol. The van der Waals surface area contributed by atoms with Crippen LogP contribution in [0.4, 0.5) is 16.3 Å². The maximum atomic E-state index is 13.2. The number of imidazole rings is 1. The van der Waals surface area contributed by atoms with Crippen molar-refractivity contribution in [2.24, 2.45) is 5.73 Å². The number of nitrogens with two attached hydrogens (primary N) is 1. The third-order valence-electron chi connectivity index (χ3n) is 6.07. The summed E-state index contributed by atoms with van der Waals surface area (Å²) in [5, 5.41) is 6.28. The highest BCUT2D eigenvalue weighted by atomic mass is 16.5. The first-order chi connectivity index (χ1) is 18.0. The molecule has 0 spiro atoms. The first-order valence-corrected chi connectivity index (χ1v) is 12.7. The number of hydrogen-bond donors (Lipinski definition) is 3. The molecule has 0 bridgehead atoms. The molecule has 0 saturated heterocycles. The number of pyridine rings is 1. The first kappa shape index (κ1) is 27.8. The van der Waals surface area contributed by atoms with Crippen molar-refractivity contribution in [3.63, 3.8) is 0 Å². The summed E-state index contributed by atoms with van der Waals surface area (Å²) >= 11 is 0. The molecule has 2 heterocycles. The molecule has 3 aromatic rings. The maximum Gasteiger partial charge on any atom is 0.321 e. The lowest BCUT2D eigenvalue weighted by atomic mass is 10.1. The lowest BCUT2D eigenvalue weighted by Gasteiger charge is -2.24. The van der Waals surface area contributed by atoms with Crippen LogP contribution in [0.25, 0.3) is 0 Å². The molecule has 200 valence electrons. The van der Waals surface area contributed by atoms with Gasteiger partial charge in [0.2, 0.25) is 0 Å². The number of hydrogen-bond acceptors (Lipinski definition) is 7. The summed E-state index contributed by atoms with van der Waals surface area (Å²) in [6, 6.07) is 9.49. The van der Waals surface area contributed by atoms with Crippen molar-refractivity contribution in [2.75, 3.05) is 50.6 Å². The summed E-state index contributed by atoms with van der Waals surface area (Å²) in [6.45, 7) is 5.21. The van der Waals surface area contributed by atoms with Crippen LogP contribution in [0.2, 0.25) is 0 Å². The molecule has 4 N–H and O–H groups in total. The first-order valence-electron chi connectivity index (χ1n) is 12.7. The number of rotatable bonds is 15. The van der Waals surface area contributed by atoms with Gasteiger partial charge in [-0.2, -0.15) is 0 Å². The van der Waals surface area contributed by atoms with Gasteiger partial charge in [-0.25, -0.2) is 14.8 Å². The van der Waals surface area contributed by atoms with E-state index >= 15 is 0 Å². The molecular weight excluding hydrogens is 470 g/mol. The minimum atomic E-state index is -0.133. The highest BCUT2D eigenvalue weighted by molar-refractivity contribution is 5.92. The van der Waals surface area contributed by atoms with E-state index in [0.717, 1.165) is 49.4 Å². The molecule has 2 amide bonds. The number of ether oxygens (including phenoxy) is 2. The Bertz CT molecular complexity index is 1120. The standard InChI is InChI=1S/C27H39N7O3/c1-21-19-29-20-33(21)15-6-12-32-27(35)34(23-8-9-24(36-2)25(18-23)37-3)16-5-4-7-22-10-13-30-26(17-22)31-14-11-28/h8-10,13,17-20H,4-7,11-12,14-16,28H2,1-3H3,(H,30,31)(H,32,35). The number of aromatic nitrogens is 3. The summed E-state index contributed by atoms with van der Waals surface area (Å²) in [7, 11) is 3.19. The van der Waals surface area contributed by atoms with Gasteiger partial charge in [0.1, 0.15) is 5.82 Å². The Labute approximate surface area is 219 Å². The molecule has 0 radical (unpaired) electrons. The average Bonchev–Trinajstić information content (AvgIpc) is 3.34. The number of amides is 2. The van der Waals surface area contributed by atoms with Crippen LogP contribution >= 0.6 is 0 Å². The van der Waals surface area contributed by atoms with Crippen LogP contribution in [0.3, 0.4) is 0 Å². The Morgan fingerprint density at radius 1 is 1.08 bits per heavy atom. The third-order valence-corrected chi connectivity index (χ3v) is 6.07. The summed E-state index contributed by atoms with van der Waals surface area (Å²) < 4.78 is 12.9. The number of unbranched alkanes of at least 4 members (excludes halogenated alkanes) is 1. The molecule has 0 aliphatic heterocycles. The van der Waals surface area contributed by atoms with Gasteiger partial charge in [-0.3, -0.25) is 4.90 Å². The van der Waals surface area contributed by atoms with E-state index in [1.807, 2.05) is 49.9 Å². The Morgan fingerprint density at radius 2 is 1.92 bits per heavy atom. The van der Waals surface area contributed by atoms with E-state index in [-0.39, 0.29) is 6.03 Å². The lowest BCUT2D eigenvalue weighted by molar-refractivity contribution is 0.245. The zero-order chi connectivity index (χ0) is 26.5. The second-order valence-electron chi connectivity index (χ2n) is 8.73. The average molecular weight is 510 g/mol. The Kier molecular flexibility index (Phi) is 11.0. The SMILES string of the molecule is COc1ccc(N(CCCCc2ccnc(NCCN)c2)C(=O)NCCCn2cncc2C)cc1OC. The number of carbonyl (C=O) groups excluding carboxylic acids is 1. The maximum absolute atomic E-state index is 13.2. The number of nitrogens with one attached hydrogen (secondary N) is 2. The van der Waals surface area contributed by atoms with Gasteiger partial charge in [0.25, 0.3) is 0 Å². The lowest BCUT2D eigenvalue weighted by Crippen LogP contribution is -2.41. The number of anilines is 2. The fourth-order valence-electron chi connectivity index (χ4n) is 4.03. The molecule has 0 aliphatic carbocycles. The highest BCUT2D eigenvalue weighted by Gasteiger charge is 2.17. The van der Waals surface area contributed by atoms with E-state index < -0.39 is 0 Å². The summed E-state index contributed by atoms with van der Waals surface area (Å²) in [5.41, 5.74) is 8.64. The molecule has 0 aliphatic rings. The van der Waals surface area contributed by atoms with E-state index in [9.17, 15) is 4.79 Å². The van der Waals surface area contributed by atoms with Crippen LogP contribution in [0.5, 0.6) is 11.5 Å². The molecule has 1 aromatic carbocycles. The van der Waals surface area contributed by atoms with E-state index in [0.29, 0.717) is 37.7 Å². The molecule has 37 heavy (non-hydrogen) atoms. The van der Waals surface area contributed by atoms with Crippen LogP contribution in [-0.4, -0.2) is 61.0 Å². The summed E-state index contributed by atoms with van der Waals surface area (Å²) in [5.74, 6) is 2.04. The number of methoxy groups -OCH3 is 2. The number of benzene rings is 1. The molecule has 0 unspecified atom stereocenters. The molecule has 0 atom stereocenters. The highest BCUT2D eigenvalue weighted by Crippen LogP contribution is 2.31. The van der Waals surface area contributed by atoms with Gasteiger partial charge in [-0.15, -0.1) is 0 Å². The van der Waals surface area contributed by atoms with Crippen molar-refractivity contribution < 1.29 is 14.3 Å². The molecule has 0 saturated carbocycles. The zero-order valence-electron chi connectivity index (χ0n) is 22.1. The van der Waals surface area contributed by atoms with Crippen LogP contribution in [0.15, 0.2) is 49.1 Å². The Hall–Kier alpha value is -3.79. The van der Waals surface area contributed by atoms with Crippen LogP contribution in [0, 0.1) is 6.92 Å². The van der Waals surface area contributed by atoms with Crippen LogP contribution in [-0.2, 0) is 13.0 Å². The van der Waals surface area contributed by atoms with Crippen molar-refractivity contribution >= 4 is 17.5 Å². The predicted octanol–water partition coefficient (Wildman–Crippen LogP) is 3.60. The summed E-state index contributed by atoms with van der Waals surface area (Å²) in [4.78, 5) is 23.5. The second-order valence-corrected chi connectivity index (χ2v) is 8.73. The number of aryl methyl sites for hydroxylation is 3.